The lowest BCUT2D eigenvalue weighted by atomic mass is 9.82. The highest BCUT2D eigenvalue weighted by molar-refractivity contribution is 7.51. The number of carbonyl (C=O) groups excluding carboxylic acids is 5. The van der Waals surface area contributed by atoms with Crippen molar-refractivity contribution in [1.29, 1.82) is 0 Å². The van der Waals surface area contributed by atoms with Gasteiger partial charge in [-0.05, 0) is 115 Å². The van der Waals surface area contributed by atoms with Crippen LogP contribution in [0.5, 0.6) is 0 Å². The lowest BCUT2D eigenvalue weighted by molar-refractivity contribution is -0.152. The third-order valence-corrected chi connectivity index (χ3v) is 16.8. The van der Waals surface area contributed by atoms with Crippen LogP contribution in [0.25, 0.3) is 21.1 Å². The fourth-order valence-electron chi connectivity index (χ4n) is 10.9. The molecule has 0 spiro atoms. The molecule has 4 N–H and O–H groups in total. The number of fused-ring (bicyclic) bond motifs is 2. The summed E-state index contributed by atoms with van der Waals surface area (Å²) in [7, 11) is -3.37. The van der Waals surface area contributed by atoms with E-state index in [0.29, 0.717) is 60.3 Å². The molecule has 0 bridgehead atoms. The van der Waals surface area contributed by atoms with Crippen LogP contribution in [0.1, 0.15) is 104 Å². The minimum Gasteiger partial charge on any atom is -0.370 e. The number of morpholine rings is 1. The number of nitrogens with one attached hydrogen (secondary N) is 2. The van der Waals surface area contributed by atoms with Gasteiger partial charge in [0.05, 0.1) is 29.1 Å². The molecule has 3 aromatic carbocycles. The summed E-state index contributed by atoms with van der Waals surface area (Å²) < 4.78 is 36.0. The molecule has 20 heteroatoms. The van der Waals surface area contributed by atoms with Crippen LogP contribution in [0.4, 0.5) is 4.39 Å². The standard InChI is InChI=1S/C51H61FN7O10PS/c1-51(2,3)44(54-47(62)41-27-35-26-34(11-14-40(35)71-41)45(52)70(66,67)68)49(64)58-21-18-33(43(58)48(63)57-22-23-69-39(29-57)32-8-6-5-7-9-32)24-30-16-19-56(20-17-30)28-31-10-12-36-38(25-31)55(4)50(65)59(36)37-13-15-42(60)53-46(37)61/h5-12,14,25-27,30,33,37,39,43-45H,13,15-24,28-29H2,1-4H3,(H,54,62)(H,53,60,61)(H2,66,67,68)/t33-,37?,39-,43-,44+,45+/m0/s1. The molecule has 6 atom stereocenters. The summed E-state index contributed by atoms with van der Waals surface area (Å²) in [5, 5.41) is 5.77. The van der Waals surface area contributed by atoms with Gasteiger partial charge in [0.25, 0.3) is 5.91 Å². The molecule has 17 nitrogen and oxygen atoms in total. The zero-order chi connectivity index (χ0) is 50.5. The largest absolute Gasteiger partial charge is 0.370 e. The number of alkyl halides is 1. The topological polar surface area (TPSA) is 213 Å². The molecule has 6 heterocycles. The third-order valence-electron chi connectivity index (χ3n) is 14.8. The van der Waals surface area contributed by atoms with Crippen LogP contribution in [0, 0.1) is 17.3 Å². The number of thiophene rings is 1. The van der Waals surface area contributed by atoms with Crippen LogP contribution in [0.2, 0.25) is 0 Å². The number of nitrogens with zero attached hydrogens (tertiary/aromatic N) is 5. The quantitative estimate of drug-likeness (QED) is 0.0848. The van der Waals surface area contributed by atoms with E-state index in [1.807, 2.05) is 74.2 Å². The Morgan fingerprint density at radius 2 is 1.68 bits per heavy atom. The van der Waals surface area contributed by atoms with Crippen LogP contribution in [-0.4, -0.2) is 115 Å². The molecule has 4 saturated heterocycles. The Labute approximate surface area is 414 Å². The number of aromatic nitrogens is 2. The summed E-state index contributed by atoms with van der Waals surface area (Å²) >= 11 is 1.12. The maximum absolute atomic E-state index is 15.1. The molecule has 1 unspecified atom stereocenters. The Balaban J connectivity index is 0.908. The lowest BCUT2D eigenvalue weighted by Crippen LogP contribution is -2.59. The molecular weight excluding hydrogens is 953 g/mol. The van der Waals surface area contributed by atoms with Gasteiger partial charge in [0.15, 0.2) is 0 Å². The summed E-state index contributed by atoms with van der Waals surface area (Å²) in [6.45, 7) is 9.23. The molecular formula is C51H61FN7O10PS. The summed E-state index contributed by atoms with van der Waals surface area (Å²) in [6.07, 6.45) is 3.21. The number of carbonyl (C=O) groups is 5. The van der Waals surface area contributed by atoms with Gasteiger partial charge in [-0.2, -0.15) is 0 Å². The van der Waals surface area contributed by atoms with Gasteiger partial charge in [-0.25, -0.2) is 9.18 Å². The Hall–Kier alpha value is -5.56. The second-order valence-electron chi connectivity index (χ2n) is 20.6. The van der Waals surface area contributed by atoms with Gasteiger partial charge in [-0.1, -0.05) is 63.2 Å². The summed E-state index contributed by atoms with van der Waals surface area (Å²) in [4.78, 5) is 107. The van der Waals surface area contributed by atoms with E-state index in [0.717, 1.165) is 54.8 Å². The van der Waals surface area contributed by atoms with Gasteiger partial charge in [-0.3, -0.25) is 47.9 Å². The van der Waals surface area contributed by atoms with Gasteiger partial charge in [0.1, 0.15) is 24.2 Å². The van der Waals surface area contributed by atoms with E-state index in [9.17, 15) is 37.9 Å². The second-order valence-corrected chi connectivity index (χ2v) is 23.4. The lowest BCUT2D eigenvalue weighted by Gasteiger charge is -2.40. The number of likely N-dealkylation sites (tertiary alicyclic amines) is 2. The van der Waals surface area contributed by atoms with Gasteiger partial charge < -0.3 is 29.6 Å². The summed E-state index contributed by atoms with van der Waals surface area (Å²) in [5.41, 5.74) is 2.03. The fraction of sp³-hybridized carbons (Fsp3) is 0.490. The van der Waals surface area contributed by atoms with Crippen LogP contribution in [0.15, 0.2) is 77.6 Å². The summed E-state index contributed by atoms with van der Waals surface area (Å²) in [5.74, 6) is -4.21. The van der Waals surface area contributed by atoms with Gasteiger partial charge in [0.2, 0.25) is 29.5 Å². The molecule has 4 fully saturated rings. The first-order valence-electron chi connectivity index (χ1n) is 24.3. The number of hydrogen-bond donors (Lipinski definition) is 4. The molecule has 71 heavy (non-hydrogen) atoms. The number of ether oxygens (including phenoxy) is 1. The fourth-order valence-corrected chi connectivity index (χ4v) is 12.4. The molecule has 5 aromatic rings. The first-order chi connectivity index (χ1) is 33.7. The predicted molar refractivity (Wildman–Crippen MR) is 265 cm³/mol. The smallest absolute Gasteiger partial charge is 0.363 e. The first kappa shape index (κ1) is 50.4. The van der Waals surface area contributed by atoms with Crippen molar-refractivity contribution >= 4 is 69.6 Å². The zero-order valence-corrected chi connectivity index (χ0v) is 42.0. The normalized spacial score (nSPS) is 22.7. The SMILES string of the molecule is Cn1c(=O)n(C2CCC(=O)NC2=O)c2ccc(CN3CCC(C[C@@H]4CCN(C(=O)[C@@H](NC(=O)c5cc6cc([C@H](F)P(=O)(O)O)ccc6s5)C(C)(C)C)[C@@H]4C(=O)N4CCO[C@H](c5ccccc5)C4)CC3)cc21. The maximum atomic E-state index is 15.1. The Morgan fingerprint density at radius 1 is 0.930 bits per heavy atom. The highest BCUT2D eigenvalue weighted by Crippen LogP contribution is 2.53. The van der Waals surface area contributed by atoms with Crippen LogP contribution >= 0.6 is 18.9 Å². The number of imidazole rings is 1. The minimum atomic E-state index is -5.05. The van der Waals surface area contributed by atoms with Crippen LogP contribution in [0.3, 0.4) is 0 Å². The van der Waals surface area contributed by atoms with Crippen molar-refractivity contribution < 1.29 is 47.5 Å². The van der Waals surface area contributed by atoms with Gasteiger partial charge in [0, 0.05) is 37.8 Å². The van der Waals surface area contributed by atoms with Crippen molar-refractivity contribution in [2.24, 2.45) is 24.3 Å². The maximum Gasteiger partial charge on any atom is 0.363 e. The molecule has 378 valence electrons. The van der Waals surface area contributed by atoms with Gasteiger partial charge in [-0.15, -0.1) is 11.3 Å². The monoisotopic (exact) mass is 1010 g/mol. The molecule has 2 aromatic heterocycles. The van der Waals surface area contributed by atoms with E-state index in [1.54, 1.807) is 16.5 Å². The summed E-state index contributed by atoms with van der Waals surface area (Å²) in [6, 6.07) is 18.7. The van der Waals surface area contributed by atoms with Crippen molar-refractivity contribution in [2.45, 2.75) is 96.0 Å². The van der Waals surface area contributed by atoms with E-state index in [2.05, 4.69) is 15.5 Å². The zero-order valence-electron chi connectivity index (χ0n) is 40.3. The number of amides is 5. The van der Waals surface area contributed by atoms with Crippen molar-refractivity contribution in [3.63, 3.8) is 0 Å². The van der Waals surface area contributed by atoms with Gasteiger partial charge >= 0.3 is 13.3 Å². The Bertz CT molecular complexity index is 2980. The molecule has 5 amide bonds. The first-order valence-corrected chi connectivity index (χ1v) is 26.8. The van der Waals surface area contributed by atoms with E-state index < -0.39 is 48.9 Å². The van der Waals surface area contributed by atoms with E-state index >= 15 is 9.59 Å². The number of imide groups is 1. The average Bonchev–Trinajstić information content (AvgIpc) is 4.04. The Morgan fingerprint density at radius 3 is 2.38 bits per heavy atom. The molecule has 4 aliphatic heterocycles. The Kier molecular flexibility index (Phi) is 14.3. The second kappa shape index (κ2) is 20.2. The van der Waals surface area contributed by atoms with Crippen molar-refractivity contribution in [3.05, 3.63) is 105 Å². The number of halogens is 1. The highest BCUT2D eigenvalue weighted by atomic mass is 32.1. The molecule has 0 radical (unpaired) electrons. The number of hydrogen-bond acceptors (Lipinski definition) is 10. The highest BCUT2D eigenvalue weighted by Gasteiger charge is 2.48. The van der Waals surface area contributed by atoms with Crippen LogP contribution < -0.4 is 16.3 Å². The minimum absolute atomic E-state index is 0.139. The van der Waals surface area contributed by atoms with Crippen molar-refractivity contribution in [1.82, 2.24) is 34.5 Å². The molecule has 9 rings (SSSR count). The van der Waals surface area contributed by atoms with Crippen molar-refractivity contribution in [3.8, 4) is 0 Å². The molecule has 0 saturated carbocycles. The van der Waals surface area contributed by atoms with E-state index in [-0.39, 0.29) is 64.6 Å². The third kappa shape index (κ3) is 10.5. The number of rotatable bonds is 12. The number of benzene rings is 3. The van der Waals surface area contributed by atoms with Crippen LogP contribution in [-0.2, 0) is 42.1 Å². The van der Waals surface area contributed by atoms with Crippen molar-refractivity contribution in [2.75, 3.05) is 39.3 Å². The average molecular weight is 1010 g/mol. The molecule has 4 aliphatic rings. The van der Waals surface area contributed by atoms with E-state index in [1.165, 1.54) is 28.8 Å². The predicted octanol–water partition coefficient (Wildman–Crippen LogP) is 5.94. The number of piperidine rings is 2. The van der Waals surface area contributed by atoms with E-state index in [4.69, 9.17) is 4.74 Å². The number of aryl methyl sites for hydroxylation is 1. The molecule has 0 aliphatic carbocycles.